The summed E-state index contributed by atoms with van der Waals surface area (Å²) in [5.74, 6) is -3.50. The van der Waals surface area contributed by atoms with Crippen LogP contribution in [0.3, 0.4) is 0 Å². The fourth-order valence-electron chi connectivity index (χ4n) is 1.22. The standard InChI is InChI=1S/C10H10F3NO2/c1-2-14(10(15)16)5-6-7(11)3-4-8(12)9(6)13/h3-4H,2,5H2,1H3,(H,15,16). The smallest absolute Gasteiger partial charge is 0.407 e. The lowest BCUT2D eigenvalue weighted by Gasteiger charge is -2.17. The maximum Gasteiger partial charge on any atom is 0.407 e. The van der Waals surface area contributed by atoms with Gasteiger partial charge in [-0.15, -0.1) is 0 Å². The molecule has 0 saturated heterocycles. The van der Waals surface area contributed by atoms with E-state index < -0.39 is 35.7 Å². The number of nitrogens with zero attached hydrogens (tertiary/aromatic N) is 1. The van der Waals surface area contributed by atoms with Gasteiger partial charge in [-0.2, -0.15) is 0 Å². The van der Waals surface area contributed by atoms with Crippen LogP contribution in [0.25, 0.3) is 0 Å². The Bertz CT molecular complexity index is 409. The molecule has 6 heteroatoms. The van der Waals surface area contributed by atoms with E-state index >= 15 is 0 Å². The van der Waals surface area contributed by atoms with Crippen molar-refractivity contribution in [1.82, 2.24) is 4.90 Å². The summed E-state index contributed by atoms with van der Waals surface area (Å²) in [6, 6.07) is 1.43. The number of benzene rings is 1. The van der Waals surface area contributed by atoms with Crippen LogP contribution in [0.15, 0.2) is 12.1 Å². The zero-order valence-corrected chi connectivity index (χ0v) is 8.51. The van der Waals surface area contributed by atoms with Gasteiger partial charge in [0.25, 0.3) is 0 Å². The minimum Gasteiger partial charge on any atom is -0.465 e. The number of rotatable bonds is 3. The second-order valence-electron chi connectivity index (χ2n) is 3.12. The predicted octanol–water partition coefficient (Wildman–Crippen LogP) is 2.60. The van der Waals surface area contributed by atoms with E-state index in [1.54, 1.807) is 0 Å². The highest BCUT2D eigenvalue weighted by molar-refractivity contribution is 5.64. The van der Waals surface area contributed by atoms with Gasteiger partial charge in [-0.3, -0.25) is 0 Å². The zero-order valence-electron chi connectivity index (χ0n) is 8.51. The lowest BCUT2D eigenvalue weighted by atomic mass is 10.2. The summed E-state index contributed by atoms with van der Waals surface area (Å²) >= 11 is 0. The minimum absolute atomic E-state index is 0.0602. The second kappa shape index (κ2) is 4.87. The summed E-state index contributed by atoms with van der Waals surface area (Å²) < 4.78 is 39.2. The molecule has 0 aliphatic heterocycles. The molecule has 0 aromatic heterocycles. The van der Waals surface area contributed by atoms with E-state index in [4.69, 9.17) is 5.11 Å². The van der Waals surface area contributed by atoms with Gasteiger partial charge < -0.3 is 10.0 Å². The highest BCUT2D eigenvalue weighted by atomic mass is 19.2. The van der Waals surface area contributed by atoms with Gasteiger partial charge in [0.05, 0.1) is 6.54 Å². The molecular weight excluding hydrogens is 223 g/mol. The molecule has 0 spiro atoms. The van der Waals surface area contributed by atoms with Crippen LogP contribution in [0.1, 0.15) is 12.5 Å². The Balaban J connectivity index is 3.04. The molecule has 0 atom stereocenters. The first-order valence-corrected chi connectivity index (χ1v) is 4.57. The molecular formula is C10H10F3NO2. The van der Waals surface area contributed by atoms with Crippen molar-refractivity contribution in [2.75, 3.05) is 6.54 Å². The normalized spacial score (nSPS) is 10.2. The van der Waals surface area contributed by atoms with Crippen molar-refractivity contribution >= 4 is 6.09 Å². The van der Waals surface area contributed by atoms with E-state index in [9.17, 15) is 18.0 Å². The number of carboxylic acid groups (broad SMARTS) is 1. The Kier molecular flexibility index (Phi) is 3.76. The lowest BCUT2D eigenvalue weighted by Crippen LogP contribution is -2.29. The quantitative estimate of drug-likeness (QED) is 0.815. The highest BCUT2D eigenvalue weighted by Crippen LogP contribution is 2.17. The van der Waals surface area contributed by atoms with E-state index in [2.05, 4.69) is 0 Å². The SMILES string of the molecule is CCN(Cc1c(F)ccc(F)c1F)C(=O)O. The van der Waals surface area contributed by atoms with Gasteiger partial charge in [-0.1, -0.05) is 0 Å². The van der Waals surface area contributed by atoms with E-state index in [1.807, 2.05) is 0 Å². The van der Waals surface area contributed by atoms with Gasteiger partial charge in [-0.05, 0) is 19.1 Å². The summed E-state index contributed by atoms with van der Waals surface area (Å²) in [6.45, 7) is 1.06. The van der Waals surface area contributed by atoms with Crippen LogP contribution in [0.5, 0.6) is 0 Å². The molecule has 3 nitrogen and oxygen atoms in total. The summed E-state index contributed by atoms with van der Waals surface area (Å²) in [5, 5.41) is 8.67. The maximum atomic E-state index is 13.2. The Labute approximate surface area is 90.1 Å². The number of hydrogen-bond donors (Lipinski definition) is 1. The van der Waals surface area contributed by atoms with Crippen molar-refractivity contribution in [1.29, 1.82) is 0 Å². The van der Waals surface area contributed by atoms with Gasteiger partial charge >= 0.3 is 6.09 Å². The van der Waals surface area contributed by atoms with Crippen molar-refractivity contribution in [3.05, 3.63) is 35.1 Å². The third-order valence-electron chi connectivity index (χ3n) is 2.14. The highest BCUT2D eigenvalue weighted by Gasteiger charge is 2.18. The molecule has 0 unspecified atom stereocenters. The predicted molar refractivity (Wildman–Crippen MR) is 50.4 cm³/mol. The Morgan fingerprint density at radius 1 is 1.31 bits per heavy atom. The fourth-order valence-corrected chi connectivity index (χ4v) is 1.22. The van der Waals surface area contributed by atoms with Gasteiger partial charge in [0.15, 0.2) is 11.6 Å². The molecule has 0 fully saturated rings. The van der Waals surface area contributed by atoms with Gasteiger partial charge in [-0.25, -0.2) is 18.0 Å². The third kappa shape index (κ3) is 2.44. The van der Waals surface area contributed by atoms with Crippen LogP contribution in [0, 0.1) is 17.5 Å². The number of hydrogen-bond acceptors (Lipinski definition) is 1. The zero-order chi connectivity index (χ0) is 12.3. The van der Waals surface area contributed by atoms with Crippen LogP contribution in [-0.2, 0) is 6.54 Å². The van der Waals surface area contributed by atoms with Gasteiger partial charge in [0.2, 0.25) is 0 Å². The van der Waals surface area contributed by atoms with Crippen molar-refractivity contribution < 1.29 is 23.1 Å². The summed E-state index contributed by atoms with van der Waals surface area (Å²) in [7, 11) is 0. The molecule has 1 N–H and O–H groups in total. The van der Waals surface area contributed by atoms with Gasteiger partial charge in [0.1, 0.15) is 5.82 Å². The summed E-state index contributed by atoms with van der Waals surface area (Å²) in [4.78, 5) is 11.4. The molecule has 88 valence electrons. The minimum atomic E-state index is -1.35. The van der Waals surface area contributed by atoms with Crippen LogP contribution < -0.4 is 0 Å². The van der Waals surface area contributed by atoms with Gasteiger partial charge in [0, 0.05) is 12.1 Å². The largest absolute Gasteiger partial charge is 0.465 e. The molecule has 1 aromatic rings. The molecule has 0 radical (unpaired) electrons. The van der Waals surface area contributed by atoms with Crippen molar-refractivity contribution in [3.8, 4) is 0 Å². The molecule has 0 saturated carbocycles. The third-order valence-corrected chi connectivity index (χ3v) is 2.14. The van der Waals surface area contributed by atoms with E-state index in [1.165, 1.54) is 6.92 Å². The first kappa shape index (κ1) is 12.4. The second-order valence-corrected chi connectivity index (χ2v) is 3.12. The first-order chi connectivity index (χ1) is 7.47. The average molecular weight is 233 g/mol. The van der Waals surface area contributed by atoms with Crippen LogP contribution in [0.2, 0.25) is 0 Å². The molecule has 1 amide bonds. The van der Waals surface area contributed by atoms with Crippen LogP contribution >= 0.6 is 0 Å². The van der Waals surface area contributed by atoms with Crippen molar-refractivity contribution in [3.63, 3.8) is 0 Å². The van der Waals surface area contributed by atoms with Crippen molar-refractivity contribution in [2.24, 2.45) is 0 Å². The van der Waals surface area contributed by atoms with E-state index in [0.29, 0.717) is 6.07 Å². The number of carbonyl (C=O) groups is 1. The molecule has 1 rings (SSSR count). The fraction of sp³-hybridized carbons (Fsp3) is 0.300. The Morgan fingerprint density at radius 2 is 1.88 bits per heavy atom. The number of amides is 1. The van der Waals surface area contributed by atoms with E-state index in [0.717, 1.165) is 11.0 Å². The summed E-state index contributed by atoms with van der Waals surface area (Å²) in [6.07, 6.45) is -1.31. The van der Waals surface area contributed by atoms with Crippen LogP contribution in [-0.4, -0.2) is 22.6 Å². The molecule has 16 heavy (non-hydrogen) atoms. The lowest BCUT2D eigenvalue weighted by molar-refractivity contribution is 0.144. The summed E-state index contributed by atoms with van der Waals surface area (Å²) in [5.41, 5.74) is -0.579. The average Bonchev–Trinajstić information content (AvgIpc) is 2.23. The van der Waals surface area contributed by atoms with Crippen molar-refractivity contribution in [2.45, 2.75) is 13.5 Å². The van der Waals surface area contributed by atoms with E-state index in [-0.39, 0.29) is 6.54 Å². The monoisotopic (exact) mass is 233 g/mol. The molecule has 0 bridgehead atoms. The number of halogens is 3. The Hall–Kier alpha value is -1.72. The topological polar surface area (TPSA) is 40.5 Å². The molecule has 0 aliphatic rings. The Morgan fingerprint density at radius 3 is 2.38 bits per heavy atom. The molecule has 1 aromatic carbocycles. The first-order valence-electron chi connectivity index (χ1n) is 4.57. The molecule has 0 aliphatic carbocycles. The van der Waals surface area contributed by atoms with Crippen LogP contribution in [0.4, 0.5) is 18.0 Å². The molecule has 0 heterocycles. The maximum absolute atomic E-state index is 13.2.